The summed E-state index contributed by atoms with van der Waals surface area (Å²) in [7, 11) is 1.90. The van der Waals surface area contributed by atoms with Gasteiger partial charge in [-0.3, -0.25) is 4.68 Å². The SMILES string of the molecule is CCCNC(c1cc(C)cc(F)c1)c1c(Br)cnn1C. The van der Waals surface area contributed by atoms with Crippen molar-refractivity contribution in [2.75, 3.05) is 6.54 Å². The summed E-state index contributed by atoms with van der Waals surface area (Å²) < 4.78 is 16.4. The molecule has 1 aromatic heterocycles. The number of halogens is 2. The molecule has 1 aromatic carbocycles. The maximum Gasteiger partial charge on any atom is 0.123 e. The van der Waals surface area contributed by atoms with Crippen molar-refractivity contribution < 1.29 is 4.39 Å². The minimum atomic E-state index is -0.207. The first kappa shape index (κ1) is 15.2. The first-order valence-corrected chi connectivity index (χ1v) is 7.50. The molecule has 0 aliphatic heterocycles. The van der Waals surface area contributed by atoms with E-state index in [1.54, 1.807) is 18.3 Å². The predicted octanol–water partition coefficient (Wildman–Crippen LogP) is 3.72. The van der Waals surface area contributed by atoms with E-state index in [9.17, 15) is 4.39 Å². The molecule has 0 radical (unpaired) electrons. The summed E-state index contributed by atoms with van der Waals surface area (Å²) in [5.41, 5.74) is 2.84. The molecule has 0 aliphatic rings. The lowest BCUT2D eigenvalue weighted by Gasteiger charge is -2.20. The molecule has 0 amide bonds. The number of nitrogens with zero attached hydrogens (tertiary/aromatic N) is 2. The largest absolute Gasteiger partial charge is 0.305 e. The van der Waals surface area contributed by atoms with E-state index in [4.69, 9.17) is 0 Å². The van der Waals surface area contributed by atoms with Gasteiger partial charge in [0.05, 0.1) is 22.4 Å². The topological polar surface area (TPSA) is 29.9 Å². The molecule has 1 unspecified atom stereocenters. The number of nitrogens with one attached hydrogen (secondary N) is 1. The first-order valence-electron chi connectivity index (χ1n) is 6.70. The molecule has 0 saturated heterocycles. The van der Waals surface area contributed by atoms with Crippen molar-refractivity contribution in [3.8, 4) is 0 Å². The molecule has 0 saturated carbocycles. The number of hydrogen-bond acceptors (Lipinski definition) is 2. The zero-order valence-electron chi connectivity index (χ0n) is 12.0. The highest BCUT2D eigenvalue weighted by atomic mass is 79.9. The molecule has 1 N–H and O–H groups in total. The third-order valence-electron chi connectivity index (χ3n) is 3.21. The normalized spacial score (nSPS) is 12.7. The number of benzene rings is 1. The minimum absolute atomic E-state index is 0.0776. The molecular formula is C15H19BrFN3. The molecule has 0 bridgehead atoms. The smallest absolute Gasteiger partial charge is 0.123 e. The van der Waals surface area contributed by atoms with E-state index < -0.39 is 0 Å². The van der Waals surface area contributed by atoms with Gasteiger partial charge in [-0.2, -0.15) is 5.10 Å². The summed E-state index contributed by atoms with van der Waals surface area (Å²) in [6, 6.07) is 5.06. The summed E-state index contributed by atoms with van der Waals surface area (Å²) >= 11 is 3.53. The fourth-order valence-corrected chi connectivity index (χ4v) is 2.91. The zero-order valence-corrected chi connectivity index (χ0v) is 13.5. The summed E-state index contributed by atoms with van der Waals surface area (Å²) in [5.74, 6) is -0.207. The highest BCUT2D eigenvalue weighted by Crippen LogP contribution is 2.29. The summed E-state index contributed by atoms with van der Waals surface area (Å²) in [6.07, 6.45) is 2.78. The number of aromatic nitrogens is 2. The minimum Gasteiger partial charge on any atom is -0.305 e. The maximum absolute atomic E-state index is 13.7. The molecule has 3 nitrogen and oxygen atoms in total. The van der Waals surface area contributed by atoms with Crippen molar-refractivity contribution >= 4 is 15.9 Å². The predicted molar refractivity (Wildman–Crippen MR) is 82.2 cm³/mol. The van der Waals surface area contributed by atoms with Gasteiger partial charge in [0.15, 0.2) is 0 Å². The van der Waals surface area contributed by atoms with Crippen LogP contribution in [0.5, 0.6) is 0 Å². The third kappa shape index (κ3) is 3.27. The average molecular weight is 340 g/mol. The third-order valence-corrected chi connectivity index (χ3v) is 3.82. The van der Waals surface area contributed by atoms with E-state index in [1.807, 2.05) is 24.7 Å². The Morgan fingerprint density at radius 2 is 2.15 bits per heavy atom. The molecule has 0 fully saturated rings. The van der Waals surface area contributed by atoms with Gasteiger partial charge in [0.25, 0.3) is 0 Å². The van der Waals surface area contributed by atoms with Crippen molar-refractivity contribution in [3.05, 3.63) is 51.5 Å². The Balaban J connectivity index is 2.47. The molecule has 2 aromatic rings. The molecule has 1 atom stereocenters. The van der Waals surface area contributed by atoms with Gasteiger partial charge in [-0.25, -0.2) is 4.39 Å². The second kappa shape index (κ2) is 6.50. The van der Waals surface area contributed by atoms with Crippen LogP contribution in [-0.2, 0) is 7.05 Å². The molecule has 5 heteroatoms. The Labute approximate surface area is 127 Å². The standard InChI is InChI=1S/C15H19BrFN3/c1-4-5-18-14(15-13(16)9-19-20(15)3)11-6-10(2)7-12(17)8-11/h6-9,14,18H,4-5H2,1-3H3. The first-order chi connectivity index (χ1) is 9.52. The molecule has 20 heavy (non-hydrogen) atoms. The monoisotopic (exact) mass is 339 g/mol. The van der Waals surface area contributed by atoms with Gasteiger partial charge in [0.1, 0.15) is 5.82 Å². The van der Waals surface area contributed by atoms with Crippen LogP contribution in [0.1, 0.15) is 36.2 Å². The van der Waals surface area contributed by atoms with Crippen molar-refractivity contribution in [1.29, 1.82) is 0 Å². The highest BCUT2D eigenvalue weighted by molar-refractivity contribution is 9.10. The molecule has 1 heterocycles. The van der Waals surface area contributed by atoms with Crippen LogP contribution in [0.2, 0.25) is 0 Å². The van der Waals surface area contributed by atoms with Gasteiger partial charge in [-0.05, 0) is 59.1 Å². The fourth-order valence-electron chi connectivity index (χ4n) is 2.34. The van der Waals surface area contributed by atoms with Gasteiger partial charge in [0, 0.05) is 7.05 Å². The van der Waals surface area contributed by atoms with Crippen molar-refractivity contribution in [3.63, 3.8) is 0 Å². The average Bonchev–Trinajstić information content (AvgIpc) is 2.70. The Kier molecular flexibility index (Phi) is 4.94. The Bertz CT molecular complexity index is 555. The van der Waals surface area contributed by atoms with Crippen molar-refractivity contribution in [2.45, 2.75) is 26.3 Å². The van der Waals surface area contributed by atoms with Crippen LogP contribution in [0.25, 0.3) is 0 Å². The van der Waals surface area contributed by atoms with Crippen LogP contribution in [0.3, 0.4) is 0 Å². The van der Waals surface area contributed by atoms with E-state index in [2.05, 4.69) is 33.3 Å². The molecular weight excluding hydrogens is 321 g/mol. The molecule has 108 valence electrons. The van der Waals surface area contributed by atoms with Gasteiger partial charge in [-0.1, -0.05) is 13.0 Å². The molecule has 2 rings (SSSR count). The lowest BCUT2D eigenvalue weighted by molar-refractivity contribution is 0.546. The second-order valence-corrected chi connectivity index (χ2v) is 5.80. The Hall–Kier alpha value is -1.20. The lowest BCUT2D eigenvalue weighted by atomic mass is 10.0. The Morgan fingerprint density at radius 3 is 2.70 bits per heavy atom. The molecule has 0 aliphatic carbocycles. The summed E-state index contributed by atoms with van der Waals surface area (Å²) in [6.45, 7) is 4.87. The van der Waals surface area contributed by atoms with Gasteiger partial charge >= 0.3 is 0 Å². The van der Waals surface area contributed by atoms with Crippen molar-refractivity contribution in [1.82, 2.24) is 15.1 Å². The summed E-state index contributed by atoms with van der Waals surface area (Å²) in [4.78, 5) is 0. The number of rotatable bonds is 5. The van der Waals surface area contributed by atoms with E-state index in [-0.39, 0.29) is 11.9 Å². The lowest BCUT2D eigenvalue weighted by Crippen LogP contribution is -2.25. The van der Waals surface area contributed by atoms with E-state index in [0.717, 1.165) is 34.3 Å². The van der Waals surface area contributed by atoms with Crippen LogP contribution in [0, 0.1) is 12.7 Å². The summed E-state index contributed by atoms with van der Waals surface area (Å²) in [5, 5.41) is 7.72. The van der Waals surface area contributed by atoms with Crippen molar-refractivity contribution in [2.24, 2.45) is 7.05 Å². The van der Waals surface area contributed by atoms with Crippen LogP contribution >= 0.6 is 15.9 Å². The van der Waals surface area contributed by atoms with Crippen LogP contribution in [0.4, 0.5) is 4.39 Å². The van der Waals surface area contributed by atoms with Crippen LogP contribution < -0.4 is 5.32 Å². The van der Waals surface area contributed by atoms with Gasteiger partial charge in [0.2, 0.25) is 0 Å². The quantitative estimate of drug-likeness (QED) is 0.899. The number of aryl methyl sites for hydroxylation is 2. The second-order valence-electron chi connectivity index (χ2n) is 4.95. The maximum atomic E-state index is 13.7. The molecule has 0 spiro atoms. The number of hydrogen-bond donors (Lipinski definition) is 1. The van der Waals surface area contributed by atoms with E-state index in [0.29, 0.717) is 0 Å². The van der Waals surface area contributed by atoms with Gasteiger partial charge in [-0.15, -0.1) is 0 Å². The Morgan fingerprint density at radius 1 is 1.40 bits per heavy atom. The van der Waals surface area contributed by atoms with E-state index >= 15 is 0 Å². The van der Waals surface area contributed by atoms with Crippen LogP contribution in [-0.4, -0.2) is 16.3 Å². The zero-order chi connectivity index (χ0) is 14.7. The fraction of sp³-hybridized carbons (Fsp3) is 0.400. The van der Waals surface area contributed by atoms with Crippen LogP contribution in [0.15, 0.2) is 28.9 Å². The van der Waals surface area contributed by atoms with Gasteiger partial charge < -0.3 is 5.32 Å². The highest BCUT2D eigenvalue weighted by Gasteiger charge is 2.21. The van der Waals surface area contributed by atoms with E-state index in [1.165, 1.54) is 0 Å².